The van der Waals surface area contributed by atoms with Gasteiger partial charge in [0.1, 0.15) is 5.82 Å². The van der Waals surface area contributed by atoms with Crippen molar-refractivity contribution in [3.05, 3.63) is 84.2 Å². The van der Waals surface area contributed by atoms with Crippen molar-refractivity contribution in [2.75, 3.05) is 31.2 Å². The summed E-state index contributed by atoms with van der Waals surface area (Å²) in [5, 5.41) is 6.01. The van der Waals surface area contributed by atoms with E-state index in [1.165, 1.54) is 0 Å². The second-order valence-corrected chi connectivity index (χ2v) is 8.23. The van der Waals surface area contributed by atoms with E-state index < -0.39 is 0 Å². The number of aromatic amines is 1. The summed E-state index contributed by atoms with van der Waals surface area (Å²) in [5.74, 6) is 1.03. The molecular weight excluding hydrogens is 414 g/mol. The number of benzene rings is 2. The molecule has 5 aromatic rings. The predicted molar refractivity (Wildman–Crippen MR) is 128 cm³/mol. The summed E-state index contributed by atoms with van der Waals surface area (Å²) in [4.78, 5) is 10.6. The van der Waals surface area contributed by atoms with Crippen LogP contribution in [0.1, 0.15) is 11.3 Å². The number of fused-ring (bicyclic) bond motifs is 2. The number of ether oxygens (including phenoxy) is 2. The first-order chi connectivity index (χ1) is 16.3. The Morgan fingerprint density at radius 1 is 0.939 bits per heavy atom. The van der Waals surface area contributed by atoms with Gasteiger partial charge in [-0.15, -0.1) is 0 Å². The molecule has 0 atom stereocenters. The first kappa shape index (κ1) is 20.0. The topological polar surface area (TPSA) is 67.7 Å². The van der Waals surface area contributed by atoms with E-state index in [2.05, 4.69) is 52.3 Å². The van der Waals surface area contributed by atoms with Crippen molar-refractivity contribution in [3.8, 4) is 11.3 Å². The monoisotopic (exact) mass is 439 g/mol. The molecule has 1 saturated heterocycles. The van der Waals surface area contributed by atoms with Crippen LogP contribution in [0.3, 0.4) is 0 Å². The molecule has 7 heteroatoms. The van der Waals surface area contributed by atoms with Crippen LogP contribution in [-0.4, -0.2) is 45.9 Å². The molecule has 4 heterocycles. The highest BCUT2D eigenvalue weighted by Gasteiger charge is 2.19. The maximum absolute atomic E-state index is 5.94. The van der Waals surface area contributed by atoms with Gasteiger partial charge in [0.15, 0.2) is 5.65 Å². The Balaban J connectivity index is 1.38. The second-order valence-electron chi connectivity index (χ2n) is 8.23. The fraction of sp³-hybridized carbons (Fsp3) is 0.231. The van der Waals surface area contributed by atoms with Crippen molar-refractivity contribution in [3.63, 3.8) is 0 Å². The largest absolute Gasteiger partial charge is 0.378 e. The molecule has 0 bridgehead atoms. The van der Waals surface area contributed by atoms with E-state index >= 15 is 0 Å². The predicted octanol–water partition coefficient (Wildman–Crippen LogP) is 4.43. The highest BCUT2D eigenvalue weighted by molar-refractivity contribution is 5.94. The molecule has 7 nitrogen and oxygen atoms in total. The summed E-state index contributed by atoms with van der Waals surface area (Å²) in [6.45, 7) is 4.06. The lowest BCUT2D eigenvalue weighted by Gasteiger charge is -2.29. The number of nitrogens with one attached hydrogen (secondary N) is 1. The zero-order valence-corrected chi connectivity index (χ0v) is 18.3. The highest BCUT2D eigenvalue weighted by Crippen LogP contribution is 2.30. The molecule has 0 aliphatic carbocycles. The standard InChI is InChI=1S/C26H25N5O2/c1-2-5-19(6-3-1)17-33-18-20-15-25-28-24(21-7-4-8-23-22(21)9-10-27-23)16-26(31(25)29-20)30-11-13-32-14-12-30/h1-10,15-16,27H,11-14,17-18H2. The average Bonchev–Trinajstić information content (AvgIpc) is 3.51. The van der Waals surface area contributed by atoms with Crippen molar-refractivity contribution in [2.24, 2.45) is 0 Å². The Bertz CT molecular complexity index is 1390. The van der Waals surface area contributed by atoms with Crippen LogP contribution < -0.4 is 4.90 Å². The van der Waals surface area contributed by atoms with Gasteiger partial charge in [-0.3, -0.25) is 0 Å². The summed E-state index contributed by atoms with van der Waals surface area (Å²) >= 11 is 0. The number of rotatable bonds is 6. The first-order valence-electron chi connectivity index (χ1n) is 11.3. The summed E-state index contributed by atoms with van der Waals surface area (Å²) < 4.78 is 13.5. The van der Waals surface area contributed by atoms with Gasteiger partial charge >= 0.3 is 0 Å². The fourth-order valence-corrected chi connectivity index (χ4v) is 4.39. The van der Waals surface area contributed by atoms with E-state index in [0.717, 1.165) is 58.0 Å². The summed E-state index contributed by atoms with van der Waals surface area (Å²) in [6.07, 6.45) is 1.97. The molecule has 3 aromatic heterocycles. The summed E-state index contributed by atoms with van der Waals surface area (Å²) in [5.41, 5.74) is 5.98. The molecule has 1 N–H and O–H groups in total. The molecule has 1 aliphatic rings. The Labute approximate surface area is 191 Å². The number of H-pyrrole nitrogens is 1. The van der Waals surface area contributed by atoms with Crippen LogP contribution in [0, 0.1) is 0 Å². The van der Waals surface area contributed by atoms with Gasteiger partial charge in [-0.1, -0.05) is 42.5 Å². The minimum absolute atomic E-state index is 0.434. The molecule has 0 unspecified atom stereocenters. The lowest BCUT2D eigenvalue weighted by atomic mass is 10.1. The first-order valence-corrected chi connectivity index (χ1v) is 11.3. The van der Waals surface area contributed by atoms with Crippen LogP contribution >= 0.6 is 0 Å². The van der Waals surface area contributed by atoms with Crippen LogP contribution in [0.5, 0.6) is 0 Å². The third kappa shape index (κ3) is 3.97. The molecule has 0 amide bonds. The van der Waals surface area contributed by atoms with Crippen LogP contribution in [0.2, 0.25) is 0 Å². The van der Waals surface area contributed by atoms with Gasteiger partial charge in [0.25, 0.3) is 0 Å². The SMILES string of the molecule is c1ccc(COCc2cc3nc(-c4cccc5[nH]ccc45)cc(N4CCOCC4)n3n2)cc1. The van der Waals surface area contributed by atoms with Crippen LogP contribution in [-0.2, 0) is 22.7 Å². The van der Waals surface area contributed by atoms with Crippen molar-refractivity contribution >= 4 is 22.4 Å². The molecule has 166 valence electrons. The Morgan fingerprint density at radius 2 is 1.82 bits per heavy atom. The zero-order chi connectivity index (χ0) is 22.0. The molecule has 2 aromatic carbocycles. The van der Waals surface area contributed by atoms with Crippen molar-refractivity contribution in [1.29, 1.82) is 0 Å². The minimum atomic E-state index is 0.434. The minimum Gasteiger partial charge on any atom is -0.378 e. The van der Waals surface area contributed by atoms with E-state index in [9.17, 15) is 0 Å². The fourth-order valence-electron chi connectivity index (χ4n) is 4.39. The number of hydrogen-bond donors (Lipinski definition) is 1. The molecule has 0 saturated carbocycles. The molecule has 33 heavy (non-hydrogen) atoms. The van der Waals surface area contributed by atoms with Crippen molar-refractivity contribution < 1.29 is 9.47 Å². The third-order valence-corrected chi connectivity index (χ3v) is 6.03. The molecule has 0 radical (unpaired) electrons. The van der Waals surface area contributed by atoms with E-state index in [-0.39, 0.29) is 0 Å². The Hall–Kier alpha value is -3.68. The number of morpholine rings is 1. The van der Waals surface area contributed by atoms with Crippen LogP contribution in [0.15, 0.2) is 72.9 Å². The molecule has 1 aliphatic heterocycles. The second kappa shape index (κ2) is 8.69. The summed E-state index contributed by atoms with van der Waals surface area (Å²) in [6, 6.07) is 22.7. The maximum Gasteiger partial charge on any atom is 0.158 e. The highest BCUT2D eigenvalue weighted by atomic mass is 16.5. The Morgan fingerprint density at radius 3 is 2.70 bits per heavy atom. The molecular formula is C26H25N5O2. The van der Waals surface area contributed by atoms with Crippen LogP contribution in [0.4, 0.5) is 5.82 Å². The van der Waals surface area contributed by atoms with Gasteiger partial charge in [0.05, 0.1) is 37.8 Å². The average molecular weight is 440 g/mol. The normalized spacial score (nSPS) is 14.4. The smallest absolute Gasteiger partial charge is 0.158 e. The van der Waals surface area contributed by atoms with Gasteiger partial charge in [0, 0.05) is 47.9 Å². The van der Waals surface area contributed by atoms with E-state index in [0.29, 0.717) is 26.4 Å². The van der Waals surface area contributed by atoms with Crippen molar-refractivity contribution in [1.82, 2.24) is 19.6 Å². The van der Waals surface area contributed by atoms with E-state index in [1.807, 2.05) is 35.0 Å². The lowest BCUT2D eigenvalue weighted by Crippen LogP contribution is -2.37. The van der Waals surface area contributed by atoms with Crippen LogP contribution in [0.25, 0.3) is 27.8 Å². The number of nitrogens with zero attached hydrogens (tertiary/aromatic N) is 4. The lowest BCUT2D eigenvalue weighted by molar-refractivity contribution is 0.104. The van der Waals surface area contributed by atoms with Gasteiger partial charge in [-0.25, -0.2) is 4.98 Å². The number of hydrogen-bond acceptors (Lipinski definition) is 5. The van der Waals surface area contributed by atoms with Gasteiger partial charge in [-0.2, -0.15) is 9.61 Å². The quantitative estimate of drug-likeness (QED) is 0.424. The van der Waals surface area contributed by atoms with Gasteiger partial charge in [-0.05, 0) is 17.7 Å². The summed E-state index contributed by atoms with van der Waals surface area (Å²) in [7, 11) is 0. The van der Waals surface area contributed by atoms with E-state index in [1.54, 1.807) is 0 Å². The van der Waals surface area contributed by atoms with E-state index in [4.69, 9.17) is 19.6 Å². The Kier molecular flexibility index (Phi) is 5.26. The molecule has 6 rings (SSSR count). The number of anilines is 1. The molecule has 1 fully saturated rings. The number of aromatic nitrogens is 4. The van der Waals surface area contributed by atoms with Crippen molar-refractivity contribution in [2.45, 2.75) is 13.2 Å². The zero-order valence-electron chi connectivity index (χ0n) is 18.3. The maximum atomic E-state index is 5.94. The third-order valence-electron chi connectivity index (χ3n) is 6.03. The van der Waals surface area contributed by atoms with Gasteiger partial charge in [0.2, 0.25) is 0 Å². The molecule has 0 spiro atoms. The van der Waals surface area contributed by atoms with Gasteiger partial charge < -0.3 is 19.4 Å².